The second-order valence-electron chi connectivity index (χ2n) is 8.17. The van der Waals surface area contributed by atoms with Gasteiger partial charge < -0.3 is 20.0 Å². The van der Waals surface area contributed by atoms with Crippen LogP contribution >= 0.6 is 0 Å². The van der Waals surface area contributed by atoms with Gasteiger partial charge in [0.2, 0.25) is 5.91 Å². The van der Waals surface area contributed by atoms with Crippen molar-refractivity contribution in [3.8, 4) is 6.07 Å². The Morgan fingerprint density at radius 3 is 2.24 bits per heavy atom. The minimum absolute atomic E-state index is 0.0509. The maximum atomic E-state index is 13.6. The highest BCUT2D eigenvalue weighted by Gasteiger charge is 2.60. The van der Waals surface area contributed by atoms with Crippen molar-refractivity contribution in [3.63, 3.8) is 0 Å². The number of alkyl halides is 3. The summed E-state index contributed by atoms with van der Waals surface area (Å²) in [5.41, 5.74) is -0.901. The van der Waals surface area contributed by atoms with Crippen LogP contribution in [0.25, 0.3) is 0 Å². The van der Waals surface area contributed by atoms with Gasteiger partial charge in [0.25, 0.3) is 5.91 Å². The highest BCUT2D eigenvalue weighted by atomic mass is 19.4. The highest BCUT2D eigenvalue weighted by molar-refractivity contribution is 6.10. The molecular weight excluding hydrogens is 451 g/mol. The number of nitriles is 1. The number of hydrogen-bond acceptors (Lipinski definition) is 4. The lowest BCUT2D eigenvalue weighted by Gasteiger charge is -2.57. The van der Waals surface area contributed by atoms with Crippen LogP contribution in [0.5, 0.6) is 0 Å². The van der Waals surface area contributed by atoms with Crippen LogP contribution in [0.3, 0.4) is 0 Å². The molecule has 1 spiro atoms. The van der Waals surface area contributed by atoms with Crippen molar-refractivity contribution in [3.05, 3.63) is 65.2 Å². The number of halogens is 3. The standard InChI is InChI=1S/C23H20F3N5O3/c1-28-21(34)29-13-22(14-29)20(33)30(18-8-4-15(10-27)5-9-18)12-19(32)31(22)11-16-2-6-17(7-3-16)23(24,25)26/h2-9H,11-14H2,1H3,(H,28,34). The van der Waals surface area contributed by atoms with Crippen LogP contribution in [0.2, 0.25) is 0 Å². The zero-order valence-corrected chi connectivity index (χ0v) is 18.1. The first-order valence-electron chi connectivity index (χ1n) is 10.3. The molecule has 0 aliphatic carbocycles. The maximum Gasteiger partial charge on any atom is 0.416 e. The third kappa shape index (κ3) is 3.91. The molecule has 1 N–H and O–H groups in total. The topological polar surface area (TPSA) is 96.7 Å². The van der Waals surface area contributed by atoms with Crippen LogP contribution in [-0.2, 0) is 22.3 Å². The van der Waals surface area contributed by atoms with Crippen LogP contribution in [0, 0.1) is 11.3 Å². The van der Waals surface area contributed by atoms with Crippen LogP contribution in [0.15, 0.2) is 48.5 Å². The molecule has 0 bridgehead atoms. The average molecular weight is 471 g/mol. The van der Waals surface area contributed by atoms with Gasteiger partial charge in [-0.2, -0.15) is 18.4 Å². The summed E-state index contributed by atoms with van der Waals surface area (Å²) in [6.07, 6.45) is -4.49. The van der Waals surface area contributed by atoms with Gasteiger partial charge in [0.05, 0.1) is 30.3 Å². The number of likely N-dealkylation sites (tertiary alicyclic amines) is 1. The second kappa shape index (κ2) is 8.37. The van der Waals surface area contributed by atoms with Gasteiger partial charge in [0.1, 0.15) is 6.54 Å². The molecular formula is C23H20F3N5O3. The molecule has 0 atom stereocenters. The smallest absolute Gasteiger partial charge is 0.341 e. The van der Waals surface area contributed by atoms with Crippen LogP contribution < -0.4 is 10.2 Å². The molecule has 0 aromatic heterocycles. The molecule has 4 rings (SSSR count). The molecule has 176 valence electrons. The number of benzene rings is 2. The minimum Gasteiger partial charge on any atom is -0.341 e. The van der Waals surface area contributed by atoms with Gasteiger partial charge in [-0.15, -0.1) is 0 Å². The number of piperazine rings is 1. The Balaban J connectivity index is 1.64. The van der Waals surface area contributed by atoms with E-state index in [0.29, 0.717) is 16.8 Å². The normalized spacial score (nSPS) is 17.4. The molecule has 11 heteroatoms. The van der Waals surface area contributed by atoms with E-state index in [4.69, 9.17) is 5.26 Å². The summed E-state index contributed by atoms with van der Waals surface area (Å²) in [4.78, 5) is 43.0. The van der Waals surface area contributed by atoms with Gasteiger partial charge in [-0.1, -0.05) is 12.1 Å². The number of carbonyl (C=O) groups is 3. The van der Waals surface area contributed by atoms with Crippen molar-refractivity contribution in [2.75, 3.05) is 31.6 Å². The fourth-order valence-electron chi connectivity index (χ4n) is 4.24. The van der Waals surface area contributed by atoms with Gasteiger partial charge in [-0.25, -0.2) is 4.79 Å². The molecule has 0 unspecified atom stereocenters. The Bertz CT molecular complexity index is 1170. The summed E-state index contributed by atoms with van der Waals surface area (Å²) in [6.45, 7) is -0.450. The van der Waals surface area contributed by atoms with E-state index in [1.807, 2.05) is 6.07 Å². The average Bonchev–Trinajstić information content (AvgIpc) is 2.79. The fraction of sp³-hybridized carbons (Fsp3) is 0.304. The van der Waals surface area contributed by atoms with Gasteiger partial charge in [0.15, 0.2) is 5.54 Å². The van der Waals surface area contributed by atoms with E-state index in [-0.39, 0.29) is 26.2 Å². The van der Waals surface area contributed by atoms with Crippen molar-refractivity contribution in [1.29, 1.82) is 5.26 Å². The summed E-state index contributed by atoms with van der Waals surface area (Å²) in [6, 6.07) is 12.2. The third-order valence-electron chi connectivity index (χ3n) is 6.09. The van der Waals surface area contributed by atoms with E-state index in [0.717, 1.165) is 12.1 Å². The van der Waals surface area contributed by atoms with Crippen LogP contribution in [-0.4, -0.2) is 59.9 Å². The lowest BCUT2D eigenvalue weighted by Crippen LogP contribution is -2.81. The summed E-state index contributed by atoms with van der Waals surface area (Å²) < 4.78 is 38.7. The first-order chi connectivity index (χ1) is 16.1. The van der Waals surface area contributed by atoms with Crippen molar-refractivity contribution in [2.24, 2.45) is 0 Å². The molecule has 2 saturated heterocycles. The number of nitrogens with one attached hydrogen (secondary N) is 1. The molecule has 2 heterocycles. The molecule has 34 heavy (non-hydrogen) atoms. The molecule has 0 radical (unpaired) electrons. The maximum absolute atomic E-state index is 13.6. The number of nitrogens with zero attached hydrogens (tertiary/aromatic N) is 4. The first kappa shape index (κ1) is 23.1. The number of rotatable bonds is 3. The second-order valence-corrected chi connectivity index (χ2v) is 8.17. The molecule has 0 saturated carbocycles. The molecule has 8 nitrogen and oxygen atoms in total. The number of urea groups is 1. The lowest BCUT2D eigenvalue weighted by molar-refractivity contribution is -0.161. The Labute approximate surface area is 193 Å². The molecule has 4 amide bonds. The van der Waals surface area contributed by atoms with E-state index < -0.39 is 35.1 Å². The Morgan fingerprint density at radius 1 is 1.09 bits per heavy atom. The van der Waals surface area contributed by atoms with Gasteiger partial charge >= 0.3 is 12.2 Å². The van der Waals surface area contributed by atoms with Crippen LogP contribution in [0.4, 0.5) is 23.7 Å². The number of amides is 4. The molecule has 2 aromatic rings. The Kier molecular flexibility index (Phi) is 5.69. The van der Waals surface area contributed by atoms with E-state index in [2.05, 4.69) is 5.32 Å². The largest absolute Gasteiger partial charge is 0.416 e. The minimum atomic E-state index is -4.49. The zero-order valence-electron chi connectivity index (χ0n) is 18.1. The number of anilines is 1. The van der Waals surface area contributed by atoms with Crippen LogP contribution in [0.1, 0.15) is 16.7 Å². The van der Waals surface area contributed by atoms with Gasteiger partial charge in [-0.05, 0) is 42.0 Å². The predicted octanol–water partition coefficient (Wildman–Crippen LogP) is 2.35. The molecule has 2 aromatic carbocycles. The monoisotopic (exact) mass is 471 g/mol. The Morgan fingerprint density at radius 2 is 1.71 bits per heavy atom. The summed E-state index contributed by atoms with van der Waals surface area (Å²) in [5.74, 6) is -0.802. The lowest BCUT2D eigenvalue weighted by atomic mass is 9.83. The first-order valence-corrected chi connectivity index (χ1v) is 10.3. The van der Waals surface area contributed by atoms with E-state index >= 15 is 0 Å². The zero-order chi connectivity index (χ0) is 24.7. The third-order valence-corrected chi connectivity index (χ3v) is 6.09. The summed E-state index contributed by atoms with van der Waals surface area (Å²) in [7, 11) is 1.45. The summed E-state index contributed by atoms with van der Waals surface area (Å²) >= 11 is 0. The van der Waals surface area contributed by atoms with Gasteiger partial charge in [0, 0.05) is 19.3 Å². The van der Waals surface area contributed by atoms with Gasteiger partial charge in [-0.3, -0.25) is 9.59 Å². The fourth-order valence-corrected chi connectivity index (χ4v) is 4.24. The highest BCUT2D eigenvalue weighted by Crippen LogP contribution is 2.37. The van der Waals surface area contributed by atoms with Crippen molar-refractivity contribution < 1.29 is 27.6 Å². The van der Waals surface area contributed by atoms with Crippen molar-refractivity contribution in [1.82, 2.24) is 15.1 Å². The molecule has 2 fully saturated rings. The number of hydrogen-bond donors (Lipinski definition) is 1. The Hall–Kier alpha value is -4.07. The van der Waals surface area contributed by atoms with E-state index in [1.165, 1.54) is 46.0 Å². The predicted molar refractivity (Wildman–Crippen MR) is 114 cm³/mol. The van der Waals surface area contributed by atoms with Crippen molar-refractivity contribution in [2.45, 2.75) is 18.3 Å². The van der Waals surface area contributed by atoms with Crippen molar-refractivity contribution >= 4 is 23.5 Å². The molecule has 2 aliphatic heterocycles. The number of carbonyl (C=O) groups excluding carboxylic acids is 3. The SMILES string of the molecule is CNC(=O)N1CC2(C1)C(=O)N(c1ccc(C#N)cc1)CC(=O)N2Cc1ccc(C(F)(F)F)cc1. The van der Waals surface area contributed by atoms with E-state index in [1.54, 1.807) is 12.1 Å². The quantitative estimate of drug-likeness (QED) is 0.743. The van der Waals surface area contributed by atoms with E-state index in [9.17, 15) is 27.6 Å². The summed E-state index contributed by atoms with van der Waals surface area (Å²) in [5, 5.41) is 11.5. The molecule has 2 aliphatic rings.